The van der Waals surface area contributed by atoms with E-state index in [-0.39, 0.29) is 0 Å². The molecule has 0 saturated carbocycles. The highest BCUT2D eigenvalue weighted by Gasteiger charge is 2.20. The number of benzene rings is 11. The van der Waals surface area contributed by atoms with Crippen molar-refractivity contribution in [3.05, 3.63) is 206 Å². The van der Waals surface area contributed by atoms with Crippen LogP contribution in [0.1, 0.15) is 0 Å². The molecular weight excluding hydrogens is 697 g/mol. The maximum Gasteiger partial charge on any atom is -0.00199 e. The summed E-state index contributed by atoms with van der Waals surface area (Å²) in [5.41, 5.74) is 9.99. The summed E-state index contributed by atoms with van der Waals surface area (Å²) in [5.74, 6) is 0. The molecule has 0 N–H and O–H groups in total. The first-order valence-electron chi connectivity index (χ1n) is 20.2. The molecule has 0 atom stereocenters. The van der Waals surface area contributed by atoms with E-state index in [1.807, 2.05) is 0 Å². The maximum absolute atomic E-state index is 2.50. The Labute approximate surface area is 335 Å². The number of fused-ring (bicyclic) bond motifs is 10. The molecule has 13 aromatic rings. The highest BCUT2D eigenvalue weighted by atomic mass is 14.2. The third kappa shape index (κ3) is 4.46. The van der Waals surface area contributed by atoms with Crippen LogP contribution in [-0.4, -0.2) is 0 Å². The highest BCUT2D eigenvalue weighted by Crippen LogP contribution is 2.49. The van der Waals surface area contributed by atoms with E-state index in [2.05, 4.69) is 206 Å². The van der Waals surface area contributed by atoms with Gasteiger partial charge in [0.1, 0.15) is 0 Å². The smallest absolute Gasteiger partial charge is 0.00199 e. The van der Waals surface area contributed by atoms with E-state index < -0.39 is 0 Å². The van der Waals surface area contributed by atoms with Gasteiger partial charge in [0.15, 0.2) is 0 Å². The predicted molar refractivity (Wildman–Crippen MR) is 251 cm³/mol. The van der Waals surface area contributed by atoms with Crippen molar-refractivity contribution in [1.29, 1.82) is 0 Å². The maximum atomic E-state index is 2.50. The van der Waals surface area contributed by atoms with Crippen molar-refractivity contribution in [1.82, 2.24) is 0 Å². The van der Waals surface area contributed by atoms with E-state index in [0.717, 1.165) is 0 Å². The van der Waals surface area contributed by atoms with Gasteiger partial charge in [0.2, 0.25) is 0 Å². The summed E-state index contributed by atoms with van der Waals surface area (Å²) in [6, 6.07) is 76.9. The molecule has 0 aliphatic carbocycles. The molecule has 0 bridgehead atoms. The zero-order valence-corrected chi connectivity index (χ0v) is 31.6. The fourth-order valence-electron chi connectivity index (χ4n) is 10.3. The summed E-state index contributed by atoms with van der Waals surface area (Å²) >= 11 is 0. The van der Waals surface area contributed by atoms with Crippen molar-refractivity contribution in [2.75, 3.05) is 0 Å². The first-order valence-corrected chi connectivity index (χ1v) is 20.2. The van der Waals surface area contributed by atoms with E-state index in [1.54, 1.807) is 0 Å². The van der Waals surface area contributed by atoms with Gasteiger partial charge in [0.25, 0.3) is 0 Å². The second-order valence-electron chi connectivity index (χ2n) is 15.9. The van der Waals surface area contributed by atoms with Crippen molar-refractivity contribution in [2.45, 2.75) is 0 Å². The third-order valence-electron chi connectivity index (χ3n) is 12.9. The lowest BCUT2D eigenvalue weighted by atomic mass is 9.92. The van der Waals surface area contributed by atoms with Gasteiger partial charge in [-0.05, 0) is 167 Å². The minimum absolute atomic E-state index is 1.24. The van der Waals surface area contributed by atoms with E-state index >= 15 is 0 Å². The van der Waals surface area contributed by atoms with E-state index in [9.17, 15) is 0 Å². The van der Waals surface area contributed by atoms with Gasteiger partial charge in [-0.2, -0.15) is 0 Å². The molecule has 266 valence electrons. The van der Waals surface area contributed by atoms with Crippen molar-refractivity contribution < 1.29 is 0 Å². The van der Waals surface area contributed by atoms with Gasteiger partial charge in [-0.25, -0.2) is 0 Å². The Morgan fingerprint density at radius 1 is 0.172 bits per heavy atom. The molecule has 13 aromatic carbocycles. The highest BCUT2D eigenvalue weighted by molar-refractivity contribution is 6.41. The van der Waals surface area contributed by atoms with Crippen LogP contribution < -0.4 is 0 Å². The second-order valence-corrected chi connectivity index (χ2v) is 15.9. The Morgan fingerprint density at radius 3 is 1.12 bits per heavy atom. The molecule has 0 unspecified atom stereocenters. The van der Waals surface area contributed by atoms with Crippen molar-refractivity contribution in [3.8, 4) is 44.5 Å². The molecule has 58 heavy (non-hydrogen) atoms. The first-order chi connectivity index (χ1) is 28.8. The van der Waals surface area contributed by atoms with Crippen LogP contribution >= 0.6 is 0 Å². The molecule has 0 heteroatoms. The van der Waals surface area contributed by atoms with Crippen LogP contribution in [0.3, 0.4) is 0 Å². The molecule has 0 spiro atoms. The number of hydrogen-bond donors (Lipinski definition) is 0. The summed E-state index contributed by atoms with van der Waals surface area (Å²) in [6.07, 6.45) is 0. The molecule has 0 aliphatic rings. The Kier molecular flexibility index (Phi) is 6.54. The van der Waals surface area contributed by atoms with Crippen molar-refractivity contribution in [3.63, 3.8) is 0 Å². The predicted octanol–water partition coefficient (Wildman–Crippen LogP) is 16.5. The average molecular weight is 731 g/mol. The monoisotopic (exact) mass is 730 g/mol. The van der Waals surface area contributed by atoms with Gasteiger partial charge in [-0.1, -0.05) is 170 Å². The fourth-order valence-corrected chi connectivity index (χ4v) is 10.3. The zero-order chi connectivity index (χ0) is 37.9. The van der Waals surface area contributed by atoms with Crippen LogP contribution in [-0.2, 0) is 0 Å². The number of hydrogen-bond acceptors (Lipinski definition) is 0. The summed E-state index contributed by atoms with van der Waals surface area (Å²) in [5, 5.41) is 21.2. The molecule has 0 radical (unpaired) electrons. The summed E-state index contributed by atoms with van der Waals surface area (Å²) in [6.45, 7) is 0. The number of rotatable bonds is 4. The van der Waals surface area contributed by atoms with Crippen LogP contribution in [0.2, 0.25) is 0 Å². The van der Waals surface area contributed by atoms with Crippen LogP contribution in [0.25, 0.3) is 131 Å². The van der Waals surface area contributed by atoms with Crippen LogP contribution in [0.4, 0.5) is 0 Å². The Bertz CT molecular complexity index is 3760. The normalized spacial score (nSPS) is 12.1. The largest absolute Gasteiger partial charge is 0.0622 e. The molecule has 0 amide bonds. The van der Waals surface area contributed by atoms with Gasteiger partial charge in [-0.15, -0.1) is 0 Å². The Hall–Kier alpha value is -7.54. The van der Waals surface area contributed by atoms with Gasteiger partial charge in [0, 0.05) is 0 Å². The van der Waals surface area contributed by atoms with Crippen molar-refractivity contribution in [2.24, 2.45) is 0 Å². The SMILES string of the molecule is c1ccc(-c2ccccc2-c2ccc3cc4c(cc3c2)c2cccc3c5cc6c7ccc(-c8ccccc8-c8ccccc8)cc7c7cccc(c5cc4c23)c76)cc1. The molecule has 0 aromatic heterocycles. The van der Waals surface area contributed by atoms with Gasteiger partial charge in [0.05, 0.1) is 0 Å². The summed E-state index contributed by atoms with van der Waals surface area (Å²) < 4.78 is 0. The fraction of sp³-hybridized carbons (Fsp3) is 0. The molecule has 0 aliphatic heterocycles. The van der Waals surface area contributed by atoms with E-state index in [1.165, 1.54) is 131 Å². The van der Waals surface area contributed by atoms with Crippen molar-refractivity contribution >= 4 is 86.2 Å². The average Bonchev–Trinajstić information content (AvgIpc) is 3.78. The van der Waals surface area contributed by atoms with E-state index in [0.29, 0.717) is 0 Å². The molecule has 0 saturated heterocycles. The molecule has 0 heterocycles. The minimum Gasteiger partial charge on any atom is -0.0622 e. The lowest BCUT2D eigenvalue weighted by Gasteiger charge is -2.11. The van der Waals surface area contributed by atoms with Gasteiger partial charge < -0.3 is 0 Å². The molecule has 0 fully saturated rings. The van der Waals surface area contributed by atoms with Crippen LogP contribution in [0.15, 0.2) is 206 Å². The lowest BCUT2D eigenvalue weighted by molar-refractivity contribution is 1.59. The van der Waals surface area contributed by atoms with Crippen LogP contribution in [0.5, 0.6) is 0 Å². The first kappa shape index (κ1) is 31.6. The molecule has 13 rings (SSSR count). The standard InChI is InChI=1S/C58H34/c1-3-13-35(14-4-1)41-17-7-9-19-43(41)38-26-25-37-30-52-51(32-40(37)29-38)47-22-12-24-49-53-33-55-45-28-27-39(44-20-10-8-18-42(44)36-15-5-2-6-16-36)31-50(45)46-21-11-23-48(57(46)55)54(53)34-56(52)58(47)49/h1-34H. The second kappa shape index (κ2) is 12.0. The van der Waals surface area contributed by atoms with Crippen LogP contribution in [0, 0.1) is 0 Å². The molecular formula is C58H34. The topological polar surface area (TPSA) is 0 Å². The Balaban J connectivity index is 1.03. The van der Waals surface area contributed by atoms with Gasteiger partial charge >= 0.3 is 0 Å². The molecule has 0 nitrogen and oxygen atoms in total. The minimum atomic E-state index is 1.24. The summed E-state index contributed by atoms with van der Waals surface area (Å²) in [4.78, 5) is 0. The van der Waals surface area contributed by atoms with E-state index in [4.69, 9.17) is 0 Å². The lowest BCUT2D eigenvalue weighted by Crippen LogP contribution is -1.85. The van der Waals surface area contributed by atoms with Gasteiger partial charge in [-0.3, -0.25) is 0 Å². The summed E-state index contributed by atoms with van der Waals surface area (Å²) in [7, 11) is 0. The quantitative estimate of drug-likeness (QED) is 0.158. The Morgan fingerprint density at radius 2 is 0.569 bits per heavy atom. The zero-order valence-electron chi connectivity index (χ0n) is 31.6. The third-order valence-corrected chi connectivity index (χ3v) is 12.9.